The summed E-state index contributed by atoms with van der Waals surface area (Å²) in [7, 11) is 0. The molecular weight excluding hydrogens is 243 g/mol. The first-order valence-corrected chi connectivity index (χ1v) is 5.19. The van der Waals surface area contributed by atoms with E-state index in [1.165, 1.54) is 36.4 Å². The number of halogens is 2. The molecule has 0 spiro atoms. The number of azo groups is 1. The molecule has 0 saturated heterocycles. The van der Waals surface area contributed by atoms with Gasteiger partial charge in [0.25, 0.3) is 0 Å². The predicted molar refractivity (Wildman–Crippen MR) is 63.7 cm³/mol. The molecule has 0 amide bonds. The molecule has 17 heavy (non-hydrogen) atoms. The summed E-state index contributed by atoms with van der Waals surface area (Å²) < 4.78 is 12.6. The van der Waals surface area contributed by atoms with Gasteiger partial charge in [0.15, 0.2) is 0 Å². The van der Waals surface area contributed by atoms with E-state index in [0.717, 1.165) is 0 Å². The van der Waals surface area contributed by atoms with Crippen molar-refractivity contribution in [1.29, 1.82) is 0 Å². The van der Waals surface area contributed by atoms with Crippen molar-refractivity contribution < 1.29 is 9.50 Å². The van der Waals surface area contributed by atoms with E-state index in [-0.39, 0.29) is 11.6 Å². The molecule has 2 rings (SSSR count). The molecule has 0 bridgehead atoms. The van der Waals surface area contributed by atoms with Crippen LogP contribution in [0.1, 0.15) is 0 Å². The molecule has 0 saturated carbocycles. The first-order valence-electron chi connectivity index (χ1n) is 4.81. The minimum absolute atomic E-state index is 0.0655. The lowest BCUT2D eigenvalue weighted by atomic mass is 10.3. The molecule has 0 unspecified atom stereocenters. The number of phenolic OH excluding ortho intramolecular Hbond substituents is 1. The maximum absolute atomic E-state index is 12.6. The minimum atomic E-state index is -0.327. The Hall–Kier alpha value is -1.94. The molecule has 3 nitrogen and oxygen atoms in total. The Morgan fingerprint density at radius 2 is 1.71 bits per heavy atom. The van der Waals surface area contributed by atoms with Gasteiger partial charge < -0.3 is 5.11 Å². The largest absolute Gasteiger partial charge is 0.508 e. The molecule has 0 aliphatic rings. The predicted octanol–water partition coefficient (Wildman–Crippen LogP) is 4.60. The lowest BCUT2D eigenvalue weighted by Gasteiger charge is -1.97. The highest BCUT2D eigenvalue weighted by Gasteiger charge is 1.99. The molecular formula is C12H8ClFN2O. The summed E-state index contributed by atoms with van der Waals surface area (Å²) in [6, 6.07) is 10.00. The van der Waals surface area contributed by atoms with Crippen molar-refractivity contribution in [1.82, 2.24) is 0 Å². The SMILES string of the molecule is Oc1ccc(N=Nc2ccc(F)cc2)c(Cl)c1. The van der Waals surface area contributed by atoms with Crippen LogP contribution in [0.3, 0.4) is 0 Å². The molecule has 1 N–H and O–H groups in total. The summed E-state index contributed by atoms with van der Waals surface area (Å²) in [5.41, 5.74) is 0.962. The zero-order chi connectivity index (χ0) is 12.3. The molecule has 0 aromatic heterocycles. The van der Waals surface area contributed by atoms with Crippen molar-refractivity contribution in [2.45, 2.75) is 0 Å². The average molecular weight is 251 g/mol. The summed E-state index contributed by atoms with van der Waals surface area (Å²) in [4.78, 5) is 0. The van der Waals surface area contributed by atoms with Crippen LogP contribution in [-0.4, -0.2) is 5.11 Å². The summed E-state index contributed by atoms with van der Waals surface area (Å²) >= 11 is 5.85. The van der Waals surface area contributed by atoms with E-state index in [2.05, 4.69) is 10.2 Å². The molecule has 0 fully saturated rings. The zero-order valence-corrected chi connectivity index (χ0v) is 9.39. The number of rotatable bonds is 2. The molecule has 0 heterocycles. The van der Waals surface area contributed by atoms with Crippen LogP contribution >= 0.6 is 11.6 Å². The van der Waals surface area contributed by atoms with Crippen LogP contribution in [0, 0.1) is 5.82 Å². The van der Waals surface area contributed by atoms with E-state index in [9.17, 15) is 4.39 Å². The van der Waals surface area contributed by atoms with Crippen molar-refractivity contribution in [3.63, 3.8) is 0 Å². The number of phenols is 1. The zero-order valence-electron chi connectivity index (χ0n) is 8.64. The first kappa shape index (κ1) is 11.5. The number of nitrogens with zero attached hydrogens (tertiary/aromatic N) is 2. The highest BCUT2D eigenvalue weighted by atomic mass is 35.5. The van der Waals surface area contributed by atoms with Gasteiger partial charge in [-0.15, -0.1) is 5.11 Å². The third-order valence-electron chi connectivity index (χ3n) is 2.03. The van der Waals surface area contributed by atoms with Crippen LogP contribution in [0.2, 0.25) is 5.02 Å². The Kier molecular flexibility index (Phi) is 3.35. The first-order chi connectivity index (χ1) is 8.15. The monoisotopic (exact) mass is 250 g/mol. The number of hydrogen-bond acceptors (Lipinski definition) is 3. The minimum Gasteiger partial charge on any atom is -0.508 e. The summed E-state index contributed by atoms with van der Waals surface area (Å²) in [5.74, 6) is -0.262. The fourth-order valence-electron chi connectivity index (χ4n) is 1.20. The summed E-state index contributed by atoms with van der Waals surface area (Å²) in [6.45, 7) is 0. The van der Waals surface area contributed by atoms with Crippen molar-refractivity contribution >= 4 is 23.0 Å². The van der Waals surface area contributed by atoms with Gasteiger partial charge in [-0.05, 0) is 36.4 Å². The van der Waals surface area contributed by atoms with Gasteiger partial charge in [0, 0.05) is 6.07 Å². The second-order valence-corrected chi connectivity index (χ2v) is 3.72. The van der Waals surface area contributed by atoms with Gasteiger partial charge >= 0.3 is 0 Å². The molecule has 86 valence electrons. The van der Waals surface area contributed by atoms with Gasteiger partial charge in [0.2, 0.25) is 0 Å². The normalized spacial score (nSPS) is 10.9. The van der Waals surface area contributed by atoms with Gasteiger partial charge in [-0.1, -0.05) is 11.6 Å². The van der Waals surface area contributed by atoms with Gasteiger partial charge in [0.1, 0.15) is 17.3 Å². The Labute approximate surface area is 102 Å². The van der Waals surface area contributed by atoms with E-state index in [0.29, 0.717) is 16.4 Å². The smallest absolute Gasteiger partial charge is 0.123 e. The lowest BCUT2D eigenvalue weighted by Crippen LogP contribution is -1.70. The van der Waals surface area contributed by atoms with Crippen molar-refractivity contribution in [2.24, 2.45) is 10.2 Å². The van der Waals surface area contributed by atoms with Crippen LogP contribution < -0.4 is 0 Å². The second kappa shape index (κ2) is 4.93. The second-order valence-electron chi connectivity index (χ2n) is 3.31. The molecule has 2 aromatic carbocycles. The maximum Gasteiger partial charge on any atom is 0.123 e. The van der Waals surface area contributed by atoms with Crippen LogP contribution in [0.5, 0.6) is 5.75 Å². The number of benzene rings is 2. The van der Waals surface area contributed by atoms with Gasteiger partial charge in [-0.2, -0.15) is 5.11 Å². The van der Waals surface area contributed by atoms with E-state index < -0.39 is 0 Å². The Morgan fingerprint density at radius 1 is 1.00 bits per heavy atom. The Morgan fingerprint density at radius 3 is 2.35 bits per heavy atom. The van der Waals surface area contributed by atoms with Crippen LogP contribution in [0.4, 0.5) is 15.8 Å². The number of hydrogen-bond donors (Lipinski definition) is 1. The van der Waals surface area contributed by atoms with Crippen molar-refractivity contribution in [3.05, 3.63) is 53.3 Å². The van der Waals surface area contributed by atoms with E-state index in [1.807, 2.05) is 0 Å². The van der Waals surface area contributed by atoms with Crippen molar-refractivity contribution in [2.75, 3.05) is 0 Å². The summed E-state index contributed by atoms with van der Waals surface area (Å²) in [6.07, 6.45) is 0. The van der Waals surface area contributed by atoms with Crippen LogP contribution in [-0.2, 0) is 0 Å². The van der Waals surface area contributed by atoms with Crippen LogP contribution in [0.15, 0.2) is 52.7 Å². The highest BCUT2D eigenvalue weighted by molar-refractivity contribution is 6.33. The Bertz CT molecular complexity index is 555. The summed E-state index contributed by atoms with van der Waals surface area (Å²) in [5, 5.41) is 17.3. The third kappa shape index (κ3) is 3.01. The van der Waals surface area contributed by atoms with Crippen molar-refractivity contribution in [3.8, 4) is 5.75 Å². The quantitative estimate of drug-likeness (QED) is 0.778. The van der Waals surface area contributed by atoms with Gasteiger partial charge in [-0.3, -0.25) is 0 Å². The fourth-order valence-corrected chi connectivity index (χ4v) is 1.41. The molecule has 0 atom stereocenters. The molecule has 0 aliphatic heterocycles. The van der Waals surface area contributed by atoms with Gasteiger partial charge in [0.05, 0.1) is 10.7 Å². The third-order valence-corrected chi connectivity index (χ3v) is 2.33. The maximum atomic E-state index is 12.6. The van der Waals surface area contributed by atoms with Crippen LogP contribution in [0.25, 0.3) is 0 Å². The molecule has 5 heteroatoms. The van der Waals surface area contributed by atoms with E-state index >= 15 is 0 Å². The van der Waals surface area contributed by atoms with Gasteiger partial charge in [-0.25, -0.2) is 4.39 Å². The molecule has 2 aromatic rings. The standard InChI is InChI=1S/C12H8ClFN2O/c13-11-7-10(17)5-6-12(11)16-15-9-3-1-8(14)2-4-9/h1-7,17H. The highest BCUT2D eigenvalue weighted by Crippen LogP contribution is 2.29. The molecule has 0 radical (unpaired) electrons. The topological polar surface area (TPSA) is 45.0 Å². The average Bonchev–Trinajstić information content (AvgIpc) is 2.30. The lowest BCUT2D eigenvalue weighted by molar-refractivity contribution is 0.475. The van der Waals surface area contributed by atoms with E-state index in [1.54, 1.807) is 6.07 Å². The molecule has 0 aliphatic carbocycles. The fraction of sp³-hybridized carbons (Fsp3) is 0. The number of aromatic hydroxyl groups is 1. The van der Waals surface area contributed by atoms with E-state index in [4.69, 9.17) is 16.7 Å². The Balaban J connectivity index is 2.23.